The molecule has 0 saturated carbocycles. The van der Waals surface area contributed by atoms with Gasteiger partial charge >= 0.3 is 0 Å². The number of nitrogens with zero attached hydrogens (tertiary/aromatic N) is 1. The summed E-state index contributed by atoms with van der Waals surface area (Å²) in [5.74, 6) is 0. The van der Waals surface area contributed by atoms with E-state index in [1.54, 1.807) is 0 Å². The summed E-state index contributed by atoms with van der Waals surface area (Å²) in [6.45, 7) is 6.53. The van der Waals surface area contributed by atoms with Crippen molar-refractivity contribution < 1.29 is 4.42 Å². The average Bonchev–Trinajstić information content (AvgIpc) is 2.18. The Balaban J connectivity index is 0.000000720. The fourth-order valence-corrected chi connectivity index (χ4v) is 14.1. The molecule has 0 saturated heterocycles. The number of para-hydroxylation sites is 2. The molecule has 0 N–H and O–H groups in total. The SMILES string of the molecule is Cc1ccccc1.Cc1ccccc1-c1cc(N(c2ccc(-c3cccc4c3oc3ccccc34)cc2)c2cccc3c2-c2ccccc2C32c3ccccc3C3(c4ccccc4-c4ccccc43)c3ccccc32)ccc1C. The van der Waals surface area contributed by atoms with Crippen LogP contribution in [0.2, 0.25) is 0 Å². The van der Waals surface area contributed by atoms with Gasteiger partial charge in [0.2, 0.25) is 0 Å². The van der Waals surface area contributed by atoms with Crippen molar-refractivity contribution in [3.63, 3.8) is 0 Å². The molecule has 1 heterocycles. The molecule has 0 atom stereocenters. The lowest BCUT2D eigenvalue weighted by molar-refractivity contribution is 0.633. The molecule has 0 aliphatic heterocycles. The van der Waals surface area contributed by atoms with Gasteiger partial charge in [0.25, 0.3) is 0 Å². The van der Waals surface area contributed by atoms with Crippen LogP contribution >= 0.6 is 0 Å². The third kappa shape index (κ3) is 6.77. The van der Waals surface area contributed by atoms with E-state index in [9.17, 15) is 0 Å². The minimum absolute atomic E-state index is 0.505. The summed E-state index contributed by atoms with van der Waals surface area (Å²) in [4.78, 5) is 2.51. The highest BCUT2D eigenvalue weighted by molar-refractivity contribution is 6.10. The van der Waals surface area contributed by atoms with Crippen molar-refractivity contribution in [2.45, 2.75) is 31.6 Å². The van der Waals surface area contributed by atoms with Crippen LogP contribution in [0.25, 0.3) is 66.4 Å². The van der Waals surface area contributed by atoms with Crippen LogP contribution in [-0.4, -0.2) is 0 Å². The van der Waals surface area contributed by atoms with E-state index in [2.05, 4.69) is 280 Å². The van der Waals surface area contributed by atoms with Crippen molar-refractivity contribution in [2.24, 2.45) is 0 Å². The minimum Gasteiger partial charge on any atom is -0.455 e. The van der Waals surface area contributed by atoms with E-state index in [-0.39, 0.29) is 0 Å². The fourth-order valence-electron chi connectivity index (χ4n) is 14.1. The van der Waals surface area contributed by atoms with Crippen LogP contribution in [0.5, 0.6) is 0 Å². The second-order valence-electron chi connectivity index (χ2n) is 21.6. The first-order valence-electron chi connectivity index (χ1n) is 27.6. The Labute approximate surface area is 462 Å². The first kappa shape index (κ1) is 46.5. The van der Waals surface area contributed by atoms with Gasteiger partial charge < -0.3 is 9.32 Å². The summed E-state index contributed by atoms with van der Waals surface area (Å²) in [7, 11) is 0. The lowest BCUT2D eigenvalue weighted by atomic mass is 9.52. The number of benzene rings is 12. The van der Waals surface area contributed by atoms with E-state index >= 15 is 0 Å². The molecule has 2 spiro atoms. The van der Waals surface area contributed by atoms with Crippen LogP contribution in [0.1, 0.15) is 61.2 Å². The number of anilines is 3. The van der Waals surface area contributed by atoms with Gasteiger partial charge in [-0.1, -0.05) is 248 Å². The van der Waals surface area contributed by atoms with Gasteiger partial charge in [-0.3, -0.25) is 0 Å². The molecule has 2 nitrogen and oxygen atoms in total. The molecule has 13 aromatic rings. The maximum absolute atomic E-state index is 6.57. The fraction of sp³-hybridized carbons (Fsp3) is 0.0649. The monoisotopic (exact) mass is 1010 g/mol. The molecule has 79 heavy (non-hydrogen) atoms. The predicted molar refractivity (Wildman–Crippen MR) is 328 cm³/mol. The number of fused-ring (bicyclic) bond motifs is 19. The number of hydrogen-bond donors (Lipinski definition) is 0. The molecule has 374 valence electrons. The highest BCUT2D eigenvalue weighted by atomic mass is 16.3. The molecular formula is C77H55NO. The van der Waals surface area contributed by atoms with Crippen LogP contribution in [-0.2, 0) is 10.8 Å². The third-order valence-electron chi connectivity index (χ3n) is 17.4. The first-order valence-corrected chi connectivity index (χ1v) is 27.6. The zero-order chi connectivity index (χ0) is 52.8. The molecule has 0 amide bonds. The largest absolute Gasteiger partial charge is 0.455 e. The molecule has 3 aliphatic carbocycles. The lowest BCUT2D eigenvalue weighted by Gasteiger charge is -2.48. The summed E-state index contributed by atoms with van der Waals surface area (Å²) in [5.41, 5.74) is 28.2. The van der Waals surface area contributed by atoms with Crippen LogP contribution < -0.4 is 4.90 Å². The van der Waals surface area contributed by atoms with Crippen molar-refractivity contribution >= 4 is 39.0 Å². The first-order chi connectivity index (χ1) is 39.0. The normalized spacial score (nSPS) is 13.5. The van der Waals surface area contributed by atoms with Gasteiger partial charge in [0.05, 0.1) is 16.5 Å². The van der Waals surface area contributed by atoms with Gasteiger partial charge in [-0.25, -0.2) is 0 Å². The minimum atomic E-state index is -0.618. The van der Waals surface area contributed by atoms with E-state index < -0.39 is 10.8 Å². The quantitative estimate of drug-likeness (QED) is 0.171. The van der Waals surface area contributed by atoms with Gasteiger partial charge in [0.1, 0.15) is 11.2 Å². The molecule has 2 heteroatoms. The lowest BCUT2D eigenvalue weighted by Crippen LogP contribution is -2.43. The van der Waals surface area contributed by atoms with E-state index in [0.29, 0.717) is 0 Å². The number of rotatable bonds is 5. The second kappa shape index (κ2) is 18.2. The molecule has 1 aromatic heterocycles. The zero-order valence-electron chi connectivity index (χ0n) is 44.4. The third-order valence-corrected chi connectivity index (χ3v) is 17.4. The number of furan rings is 1. The highest BCUT2D eigenvalue weighted by Crippen LogP contribution is 2.68. The van der Waals surface area contributed by atoms with E-state index in [1.807, 2.05) is 24.3 Å². The van der Waals surface area contributed by atoms with Gasteiger partial charge in [-0.05, 0) is 146 Å². The Bertz CT molecular complexity index is 4440. The van der Waals surface area contributed by atoms with Crippen LogP contribution in [0, 0.1) is 20.8 Å². The van der Waals surface area contributed by atoms with Gasteiger partial charge in [0, 0.05) is 33.3 Å². The molecule has 16 rings (SSSR count). The van der Waals surface area contributed by atoms with Crippen LogP contribution in [0.15, 0.2) is 283 Å². The Kier molecular flexibility index (Phi) is 10.7. The topological polar surface area (TPSA) is 16.4 Å². The van der Waals surface area contributed by atoms with Gasteiger partial charge in [0.15, 0.2) is 0 Å². The summed E-state index contributed by atoms with van der Waals surface area (Å²) in [5, 5.41) is 2.26. The van der Waals surface area contributed by atoms with E-state index in [0.717, 1.165) is 50.1 Å². The maximum Gasteiger partial charge on any atom is 0.143 e. The summed E-state index contributed by atoms with van der Waals surface area (Å²) in [6.07, 6.45) is 0. The standard InChI is InChI=1S/C70H47NO.C7H8/c1-44-19-3-4-20-49(44)56-43-48(40-37-45(56)2)71(47-41-38-46(39-42-47)50-25-17-26-54-53-23-8-16-36-66(53)72-68(50)54)65-35-18-34-64-67(65)55-24-7-11-29-59(55)70(64)62-32-14-12-30-60(62)69(61-31-13-15-33-63(61)70)57-27-9-5-21-51(57)52-22-6-10-28-58(52)69;1-7-5-3-2-4-6-7/h3-43H,1-2H3;2-6H,1H3. The predicted octanol–water partition coefficient (Wildman–Crippen LogP) is 20.0. The van der Waals surface area contributed by atoms with Crippen LogP contribution in [0.4, 0.5) is 17.1 Å². The van der Waals surface area contributed by atoms with E-state index in [4.69, 9.17) is 4.42 Å². The molecule has 0 radical (unpaired) electrons. The Morgan fingerprint density at radius 1 is 0.304 bits per heavy atom. The molecule has 0 bridgehead atoms. The van der Waals surface area contributed by atoms with Gasteiger partial charge in [-0.2, -0.15) is 0 Å². The molecule has 3 aliphatic rings. The Morgan fingerprint density at radius 3 is 1.38 bits per heavy atom. The molecule has 0 fully saturated rings. The number of hydrogen-bond acceptors (Lipinski definition) is 2. The van der Waals surface area contributed by atoms with Crippen molar-refractivity contribution in [1.82, 2.24) is 0 Å². The maximum atomic E-state index is 6.57. The Morgan fingerprint density at radius 2 is 0.759 bits per heavy atom. The summed E-state index contributed by atoms with van der Waals surface area (Å²) < 4.78 is 6.57. The van der Waals surface area contributed by atoms with Gasteiger partial charge in [-0.15, -0.1) is 0 Å². The van der Waals surface area contributed by atoms with Crippen molar-refractivity contribution in [3.05, 3.63) is 340 Å². The van der Waals surface area contributed by atoms with Crippen molar-refractivity contribution in [1.29, 1.82) is 0 Å². The van der Waals surface area contributed by atoms with Crippen molar-refractivity contribution in [3.8, 4) is 44.5 Å². The molecule has 12 aromatic carbocycles. The second-order valence-corrected chi connectivity index (χ2v) is 21.6. The average molecular weight is 1010 g/mol. The zero-order valence-corrected chi connectivity index (χ0v) is 44.4. The van der Waals surface area contributed by atoms with Crippen LogP contribution in [0.3, 0.4) is 0 Å². The summed E-state index contributed by atoms with van der Waals surface area (Å²) in [6, 6.07) is 103. The van der Waals surface area contributed by atoms with E-state index in [1.165, 1.54) is 94.6 Å². The highest BCUT2D eigenvalue weighted by Gasteiger charge is 2.59. The smallest absolute Gasteiger partial charge is 0.143 e. The number of aryl methyl sites for hydroxylation is 3. The molecule has 0 unspecified atom stereocenters. The Hall–Kier alpha value is -9.76. The van der Waals surface area contributed by atoms with Crippen molar-refractivity contribution in [2.75, 3.05) is 4.90 Å². The summed E-state index contributed by atoms with van der Waals surface area (Å²) >= 11 is 0. The molecular weight excluding hydrogens is 955 g/mol.